The van der Waals surface area contributed by atoms with Crippen LogP contribution in [0, 0.1) is 0 Å². The molecule has 1 unspecified atom stereocenters. The lowest BCUT2D eigenvalue weighted by Gasteiger charge is -2.17. The van der Waals surface area contributed by atoms with Crippen LogP contribution in [0.25, 0.3) is 0 Å². The Morgan fingerprint density at radius 2 is 1.62 bits per heavy atom. The molecule has 0 saturated heterocycles. The highest BCUT2D eigenvalue weighted by molar-refractivity contribution is 5.75. The number of hydrogen-bond donors (Lipinski definition) is 0. The number of hydrogen-bond acceptors (Lipinski definition) is 4. The number of rotatable bonds is 6. The highest BCUT2D eigenvalue weighted by Gasteiger charge is 2.30. The SMILES string of the molecule is COC(=O)C(COc1ccc(C(F)(F)F)cc1)Oc1ccccc1. The van der Waals surface area contributed by atoms with Crippen molar-refractivity contribution < 1.29 is 32.2 Å². The van der Waals surface area contributed by atoms with Gasteiger partial charge in [0.15, 0.2) is 0 Å². The topological polar surface area (TPSA) is 44.8 Å². The summed E-state index contributed by atoms with van der Waals surface area (Å²) in [7, 11) is 1.21. The zero-order valence-electron chi connectivity index (χ0n) is 12.7. The van der Waals surface area contributed by atoms with Crippen molar-refractivity contribution in [1.82, 2.24) is 0 Å². The average molecular weight is 340 g/mol. The Morgan fingerprint density at radius 3 is 2.17 bits per heavy atom. The first-order valence-electron chi connectivity index (χ1n) is 7.00. The molecule has 0 radical (unpaired) electrons. The Hall–Kier alpha value is -2.70. The molecule has 0 aliphatic carbocycles. The van der Waals surface area contributed by atoms with E-state index in [1.807, 2.05) is 0 Å². The van der Waals surface area contributed by atoms with Gasteiger partial charge in [-0.05, 0) is 36.4 Å². The largest absolute Gasteiger partial charge is 0.489 e. The zero-order chi connectivity index (χ0) is 17.6. The molecular weight excluding hydrogens is 325 g/mol. The maximum absolute atomic E-state index is 12.5. The van der Waals surface area contributed by atoms with Crippen molar-refractivity contribution in [2.24, 2.45) is 0 Å². The van der Waals surface area contributed by atoms with Gasteiger partial charge in [-0.15, -0.1) is 0 Å². The fourth-order valence-corrected chi connectivity index (χ4v) is 1.86. The molecule has 2 aromatic rings. The van der Waals surface area contributed by atoms with Crippen molar-refractivity contribution in [3.05, 3.63) is 60.2 Å². The predicted octanol–water partition coefficient (Wildman–Crippen LogP) is 3.70. The van der Waals surface area contributed by atoms with Crippen LogP contribution in [0.1, 0.15) is 5.56 Å². The minimum absolute atomic E-state index is 0.188. The molecule has 2 rings (SSSR count). The first kappa shape index (κ1) is 17.7. The number of ether oxygens (including phenoxy) is 3. The van der Waals surface area contributed by atoms with Gasteiger partial charge in [-0.3, -0.25) is 0 Å². The quantitative estimate of drug-likeness (QED) is 0.752. The van der Waals surface area contributed by atoms with Gasteiger partial charge in [0.25, 0.3) is 0 Å². The second-order valence-electron chi connectivity index (χ2n) is 4.78. The van der Waals surface area contributed by atoms with Crippen LogP contribution in [0.5, 0.6) is 11.5 Å². The number of alkyl halides is 3. The summed E-state index contributed by atoms with van der Waals surface area (Å²) in [5.74, 6) is -0.0109. The number of esters is 1. The summed E-state index contributed by atoms with van der Waals surface area (Å²) in [6.07, 6.45) is -5.46. The van der Waals surface area contributed by atoms with Crippen LogP contribution in [0.15, 0.2) is 54.6 Å². The van der Waals surface area contributed by atoms with Crippen LogP contribution in [0.2, 0.25) is 0 Å². The van der Waals surface area contributed by atoms with E-state index in [1.165, 1.54) is 19.2 Å². The number of carbonyl (C=O) groups is 1. The number of para-hydroxylation sites is 1. The van der Waals surface area contributed by atoms with Crippen LogP contribution in [0.4, 0.5) is 13.2 Å². The highest BCUT2D eigenvalue weighted by Crippen LogP contribution is 2.30. The van der Waals surface area contributed by atoms with Gasteiger partial charge in [0.2, 0.25) is 6.10 Å². The third-order valence-corrected chi connectivity index (χ3v) is 3.07. The number of halogens is 3. The van der Waals surface area contributed by atoms with Gasteiger partial charge < -0.3 is 14.2 Å². The van der Waals surface area contributed by atoms with Crippen LogP contribution in [-0.2, 0) is 15.7 Å². The van der Waals surface area contributed by atoms with E-state index in [2.05, 4.69) is 4.74 Å². The molecule has 0 heterocycles. The Morgan fingerprint density at radius 1 is 1.00 bits per heavy atom. The van der Waals surface area contributed by atoms with Gasteiger partial charge in [0.1, 0.15) is 18.1 Å². The Kier molecular flexibility index (Phi) is 5.68. The van der Waals surface area contributed by atoms with E-state index >= 15 is 0 Å². The molecule has 4 nitrogen and oxygen atoms in total. The number of benzene rings is 2. The smallest absolute Gasteiger partial charge is 0.416 e. The van der Waals surface area contributed by atoms with Crippen molar-refractivity contribution in [3.8, 4) is 11.5 Å². The van der Waals surface area contributed by atoms with Gasteiger partial charge in [0.05, 0.1) is 12.7 Å². The van der Waals surface area contributed by atoms with Crippen molar-refractivity contribution >= 4 is 5.97 Å². The summed E-state index contributed by atoms with van der Waals surface area (Å²) in [6.45, 7) is -0.201. The monoisotopic (exact) mass is 340 g/mol. The van der Waals surface area contributed by atoms with Gasteiger partial charge in [-0.1, -0.05) is 18.2 Å². The lowest BCUT2D eigenvalue weighted by atomic mass is 10.2. The second kappa shape index (κ2) is 7.72. The summed E-state index contributed by atoms with van der Waals surface area (Å²) in [5, 5.41) is 0. The van der Waals surface area contributed by atoms with E-state index in [-0.39, 0.29) is 12.4 Å². The molecule has 0 spiro atoms. The third kappa shape index (κ3) is 4.91. The Bertz CT molecular complexity index is 654. The van der Waals surface area contributed by atoms with E-state index in [1.54, 1.807) is 30.3 Å². The molecule has 0 aliphatic heterocycles. The van der Waals surface area contributed by atoms with Crippen molar-refractivity contribution in [1.29, 1.82) is 0 Å². The molecule has 0 bridgehead atoms. The normalized spacial score (nSPS) is 12.3. The summed E-state index contributed by atoms with van der Waals surface area (Å²) in [5.41, 5.74) is -0.778. The standard InChI is InChI=1S/C17H15F3O4/c1-22-16(21)15(24-14-5-3-2-4-6-14)11-23-13-9-7-12(8-10-13)17(18,19)20/h2-10,15H,11H2,1H3. The molecule has 0 aliphatic rings. The molecule has 0 amide bonds. The van der Waals surface area contributed by atoms with Crippen molar-refractivity contribution in [3.63, 3.8) is 0 Å². The first-order chi connectivity index (χ1) is 11.4. The first-order valence-corrected chi connectivity index (χ1v) is 7.00. The minimum Gasteiger partial charge on any atom is -0.489 e. The minimum atomic E-state index is -4.41. The van der Waals surface area contributed by atoms with E-state index < -0.39 is 23.8 Å². The van der Waals surface area contributed by atoms with E-state index in [9.17, 15) is 18.0 Å². The number of methoxy groups -OCH3 is 1. The Labute approximate surface area is 136 Å². The van der Waals surface area contributed by atoms with Crippen molar-refractivity contribution in [2.75, 3.05) is 13.7 Å². The van der Waals surface area contributed by atoms with E-state index in [0.29, 0.717) is 5.75 Å². The molecule has 24 heavy (non-hydrogen) atoms. The lowest BCUT2D eigenvalue weighted by molar-refractivity contribution is -0.150. The molecule has 0 saturated carbocycles. The molecule has 0 aromatic heterocycles. The Balaban J connectivity index is 2.01. The predicted molar refractivity (Wildman–Crippen MR) is 79.8 cm³/mol. The van der Waals surface area contributed by atoms with Crippen molar-refractivity contribution in [2.45, 2.75) is 12.3 Å². The third-order valence-electron chi connectivity index (χ3n) is 3.07. The lowest BCUT2D eigenvalue weighted by Crippen LogP contribution is -2.34. The maximum Gasteiger partial charge on any atom is 0.416 e. The van der Waals surface area contributed by atoms with Crippen LogP contribution in [0.3, 0.4) is 0 Å². The molecular formula is C17H15F3O4. The summed E-state index contributed by atoms with van der Waals surface area (Å²) < 4.78 is 53.0. The van der Waals surface area contributed by atoms with E-state index in [0.717, 1.165) is 12.1 Å². The molecule has 1 atom stereocenters. The van der Waals surface area contributed by atoms with Gasteiger partial charge in [-0.25, -0.2) is 4.79 Å². The summed E-state index contributed by atoms with van der Waals surface area (Å²) in [4.78, 5) is 11.7. The van der Waals surface area contributed by atoms with Gasteiger partial charge in [0, 0.05) is 0 Å². The molecule has 128 valence electrons. The van der Waals surface area contributed by atoms with Gasteiger partial charge >= 0.3 is 12.1 Å². The maximum atomic E-state index is 12.5. The number of carbonyl (C=O) groups excluding carboxylic acids is 1. The van der Waals surface area contributed by atoms with E-state index in [4.69, 9.17) is 9.47 Å². The van der Waals surface area contributed by atoms with Crippen LogP contribution in [-0.4, -0.2) is 25.8 Å². The fraction of sp³-hybridized carbons (Fsp3) is 0.235. The average Bonchev–Trinajstić information content (AvgIpc) is 2.58. The zero-order valence-corrected chi connectivity index (χ0v) is 12.7. The fourth-order valence-electron chi connectivity index (χ4n) is 1.86. The van der Waals surface area contributed by atoms with Crippen LogP contribution < -0.4 is 9.47 Å². The summed E-state index contributed by atoms with van der Waals surface area (Å²) >= 11 is 0. The highest BCUT2D eigenvalue weighted by atomic mass is 19.4. The summed E-state index contributed by atoms with van der Waals surface area (Å²) in [6, 6.07) is 12.8. The van der Waals surface area contributed by atoms with Gasteiger partial charge in [-0.2, -0.15) is 13.2 Å². The molecule has 0 N–H and O–H groups in total. The molecule has 0 fully saturated rings. The molecule has 2 aromatic carbocycles. The second-order valence-corrected chi connectivity index (χ2v) is 4.78. The van der Waals surface area contributed by atoms with Crippen LogP contribution >= 0.6 is 0 Å². The molecule has 7 heteroatoms.